The zero-order chi connectivity index (χ0) is 51.5. The van der Waals surface area contributed by atoms with Gasteiger partial charge in [-0.15, -0.1) is 0 Å². The SMILES string of the molecule is CC[C@H](C)[C@@H]1NC(=O)[C@@H](Cc2ccc(C)cc2)NC(=O)[C@@H](N)CSSC[C@@H](C(=O)N2CCC[C@H]2C(=O)N[C@@H](CC(C)C)C(=O)NCC(N)=O)NC(=O)[C@H](CC(N)=O)NC(=O)[C@H](CCC(N)=O)NC1=O. The van der Waals surface area contributed by atoms with Crippen molar-refractivity contribution < 1.29 is 52.7 Å². The normalized spacial score (nSPS) is 24.3. The van der Waals surface area contributed by atoms with Crippen LogP contribution in [0, 0.1) is 18.8 Å². The Morgan fingerprint density at radius 3 is 1.99 bits per heavy atom. The van der Waals surface area contributed by atoms with Gasteiger partial charge < -0.3 is 65.1 Å². The molecule has 0 bridgehead atoms. The second-order valence-electron chi connectivity index (χ2n) is 17.7. The molecule has 25 heteroatoms. The topological polar surface area (TPSA) is 379 Å². The molecule has 9 atom stereocenters. The van der Waals surface area contributed by atoms with E-state index >= 15 is 0 Å². The fraction of sp³-hybridized carbons (Fsp3) is 0.614. The predicted octanol–water partition coefficient (Wildman–Crippen LogP) is -3.01. The van der Waals surface area contributed by atoms with E-state index in [-0.39, 0.29) is 49.7 Å². The number of nitrogens with two attached hydrogens (primary N) is 4. The van der Waals surface area contributed by atoms with Crippen LogP contribution in [-0.4, -0.2) is 143 Å². The molecule has 23 nitrogen and oxygen atoms in total. The van der Waals surface area contributed by atoms with Crippen molar-refractivity contribution in [2.45, 2.75) is 134 Å². The lowest BCUT2D eigenvalue weighted by atomic mass is 9.96. The van der Waals surface area contributed by atoms with Gasteiger partial charge in [0.15, 0.2) is 0 Å². The zero-order valence-electron chi connectivity index (χ0n) is 39.6. The third-order valence-corrected chi connectivity index (χ3v) is 13.9. The van der Waals surface area contributed by atoms with Crippen molar-refractivity contribution in [2.75, 3.05) is 24.6 Å². The van der Waals surface area contributed by atoms with Gasteiger partial charge in [-0.3, -0.25) is 52.7 Å². The molecule has 0 aromatic heterocycles. The van der Waals surface area contributed by atoms with Crippen molar-refractivity contribution in [1.29, 1.82) is 0 Å². The Morgan fingerprint density at radius 2 is 1.38 bits per heavy atom. The summed E-state index contributed by atoms with van der Waals surface area (Å²) in [5.74, 6) is -10.00. The van der Waals surface area contributed by atoms with Crippen LogP contribution >= 0.6 is 21.6 Å². The molecule has 1 aromatic rings. The first kappa shape index (κ1) is 57.4. The lowest BCUT2D eigenvalue weighted by Gasteiger charge is -2.31. The van der Waals surface area contributed by atoms with E-state index in [0.29, 0.717) is 18.4 Å². The fourth-order valence-electron chi connectivity index (χ4n) is 7.44. The van der Waals surface area contributed by atoms with Crippen LogP contribution < -0.4 is 60.2 Å². The Kier molecular flexibility index (Phi) is 23.2. The number of nitrogens with zero attached hydrogens (tertiary/aromatic N) is 1. The number of carbonyl (C=O) groups is 11. The maximum absolute atomic E-state index is 14.5. The number of hydrogen-bond acceptors (Lipinski definition) is 14. The van der Waals surface area contributed by atoms with Gasteiger partial charge in [-0.05, 0) is 50.0 Å². The quantitative estimate of drug-likeness (QED) is 0.0694. The number of likely N-dealkylation sites (tertiary alicyclic amines) is 1. The molecular weight excluding hydrogens is 937 g/mol. The van der Waals surface area contributed by atoms with E-state index in [9.17, 15) is 52.7 Å². The second-order valence-corrected chi connectivity index (χ2v) is 20.3. The van der Waals surface area contributed by atoms with E-state index in [1.165, 1.54) is 4.90 Å². The summed E-state index contributed by atoms with van der Waals surface area (Å²) in [7, 11) is 2.10. The Labute approximate surface area is 409 Å². The highest BCUT2D eigenvalue weighted by molar-refractivity contribution is 8.76. The largest absolute Gasteiger partial charge is 0.370 e. The monoisotopic (exact) mass is 1000 g/mol. The van der Waals surface area contributed by atoms with Crippen LogP contribution in [0.4, 0.5) is 0 Å². The molecule has 69 heavy (non-hydrogen) atoms. The first-order valence-electron chi connectivity index (χ1n) is 22.8. The Balaban J connectivity index is 2.05. The highest BCUT2D eigenvalue weighted by atomic mass is 33.1. The Morgan fingerprint density at radius 1 is 0.768 bits per heavy atom. The average Bonchev–Trinajstić information content (AvgIpc) is 3.78. The summed E-state index contributed by atoms with van der Waals surface area (Å²) in [6.45, 7) is 8.57. The lowest BCUT2D eigenvalue weighted by Crippen LogP contribution is -2.61. The zero-order valence-corrected chi connectivity index (χ0v) is 41.3. The van der Waals surface area contributed by atoms with Crippen LogP contribution in [0.5, 0.6) is 0 Å². The fourth-order valence-corrected chi connectivity index (χ4v) is 9.71. The van der Waals surface area contributed by atoms with Crippen LogP contribution in [-0.2, 0) is 59.2 Å². The summed E-state index contributed by atoms with van der Waals surface area (Å²) >= 11 is 0. The van der Waals surface area contributed by atoms with Crippen LogP contribution in [0.25, 0.3) is 0 Å². The van der Waals surface area contributed by atoms with Gasteiger partial charge in [0.1, 0.15) is 42.3 Å². The summed E-state index contributed by atoms with van der Waals surface area (Å²) < 4.78 is 0. The van der Waals surface area contributed by atoms with E-state index < -0.39 is 139 Å². The summed E-state index contributed by atoms with van der Waals surface area (Å²) in [4.78, 5) is 148. The number of benzene rings is 1. The molecular formula is C44H68N12O11S2. The molecule has 0 saturated carbocycles. The molecule has 2 aliphatic rings. The van der Waals surface area contributed by atoms with E-state index in [1.807, 2.05) is 32.9 Å². The van der Waals surface area contributed by atoms with Crippen LogP contribution in [0.15, 0.2) is 24.3 Å². The standard InChI is InChI=1S/C44H68N12O11S2/c1-6-24(5)36-43(66)50-27(13-14-33(46)57)39(62)52-30(18-34(47)58)40(63)54-31(21-69-68-20-26(45)37(60)51-29(41(64)55-36)17-25-11-9-23(4)10-12-25)44(67)56-15-7-8-32(56)42(65)53-28(16-22(2)3)38(61)49-19-35(48)59/h9-12,22,24,26-32,36H,6-8,13-21,45H2,1-5H3,(H2,46,57)(H2,47,58)(H2,48,59)(H,49,61)(H,50,66)(H,51,60)(H,52,62)(H,53,65)(H,54,63)(H,55,64)/t24-,26-,27-,28-,29+,30-,31-,32-,36-/m0/s1. The number of amides is 11. The van der Waals surface area contributed by atoms with Crippen molar-refractivity contribution in [3.63, 3.8) is 0 Å². The van der Waals surface area contributed by atoms with E-state index in [0.717, 1.165) is 27.2 Å². The molecule has 0 spiro atoms. The van der Waals surface area contributed by atoms with Crippen LogP contribution in [0.1, 0.15) is 83.8 Å². The van der Waals surface area contributed by atoms with Crippen molar-refractivity contribution in [3.8, 4) is 0 Å². The van der Waals surface area contributed by atoms with Crippen molar-refractivity contribution in [1.82, 2.24) is 42.1 Å². The summed E-state index contributed by atoms with van der Waals surface area (Å²) in [5.41, 5.74) is 24.1. The van der Waals surface area contributed by atoms with Crippen molar-refractivity contribution in [3.05, 3.63) is 35.4 Å². The van der Waals surface area contributed by atoms with Crippen LogP contribution in [0.3, 0.4) is 0 Å². The molecule has 0 radical (unpaired) electrons. The number of aryl methyl sites for hydroxylation is 1. The highest BCUT2D eigenvalue weighted by Gasteiger charge is 2.41. The van der Waals surface area contributed by atoms with Gasteiger partial charge in [-0.25, -0.2) is 0 Å². The third-order valence-electron chi connectivity index (χ3n) is 11.5. The molecule has 2 saturated heterocycles. The Bertz CT molecular complexity index is 2050. The molecule has 11 amide bonds. The molecule has 2 heterocycles. The van der Waals surface area contributed by atoms with Gasteiger partial charge in [-0.1, -0.05) is 85.5 Å². The van der Waals surface area contributed by atoms with Crippen molar-refractivity contribution in [2.24, 2.45) is 34.8 Å². The Hall–Kier alpha value is -5.95. The van der Waals surface area contributed by atoms with Crippen molar-refractivity contribution >= 4 is 86.6 Å². The minimum Gasteiger partial charge on any atom is -0.370 e. The van der Waals surface area contributed by atoms with Gasteiger partial charge in [0, 0.05) is 30.9 Å². The van der Waals surface area contributed by atoms with Crippen LogP contribution in [0.2, 0.25) is 0 Å². The number of primary amides is 3. The lowest BCUT2D eigenvalue weighted by molar-refractivity contribution is -0.142. The van der Waals surface area contributed by atoms with Gasteiger partial charge >= 0.3 is 0 Å². The van der Waals surface area contributed by atoms with E-state index in [4.69, 9.17) is 22.9 Å². The van der Waals surface area contributed by atoms with Gasteiger partial charge in [-0.2, -0.15) is 0 Å². The minimum atomic E-state index is -1.74. The van der Waals surface area contributed by atoms with Gasteiger partial charge in [0.25, 0.3) is 0 Å². The molecule has 0 unspecified atom stereocenters. The summed E-state index contributed by atoms with van der Waals surface area (Å²) in [6, 6.07) is -3.42. The number of hydrogen-bond donors (Lipinski definition) is 11. The first-order chi connectivity index (χ1) is 32.5. The molecule has 382 valence electrons. The first-order valence-corrected chi connectivity index (χ1v) is 25.3. The number of carbonyl (C=O) groups excluding carboxylic acids is 11. The molecule has 15 N–H and O–H groups in total. The molecule has 2 fully saturated rings. The maximum atomic E-state index is 14.5. The summed E-state index contributed by atoms with van der Waals surface area (Å²) in [6.07, 6.45) is -0.472. The average molecular weight is 1010 g/mol. The predicted molar refractivity (Wildman–Crippen MR) is 257 cm³/mol. The second kappa shape index (κ2) is 27.9. The molecule has 2 aliphatic heterocycles. The highest BCUT2D eigenvalue weighted by Crippen LogP contribution is 2.26. The van der Waals surface area contributed by atoms with Gasteiger partial charge in [0.2, 0.25) is 65.0 Å². The molecule has 1 aromatic carbocycles. The van der Waals surface area contributed by atoms with Gasteiger partial charge in [0.05, 0.1) is 19.0 Å². The third kappa shape index (κ3) is 18.8. The number of nitrogens with one attached hydrogen (secondary N) is 7. The summed E-state index contributed by atoms with van der Waals surface area (Å²) in [5, 5.41) is 18.0. The smallest absolute Gasteiger partial charge is 0.246 e. The minimum absolute atomic E-state index is 0.00604. The molecule has 0 aliphatic carbocycles. The maximum Gasteiger partial charge on any atom is 0.246 e. The van der Waals surface area contributed by atoms with E-state index in [1.54, 1.807) is 26.0 Å². The number of rotatable bonds is 17. The molecule has 3 rings (SSSR count). The van der Waals surface area contributed by atoms with E-state index in [2.05, 4.69) is 37.2 Å².